The van der Waals surface area contributed by atoms with E-state index < -0.39 is 29.2 Å². The van der Waals surface area contributed by atoms with E-state index in [0.29, 0.717) is 322 Å². The number of esters is 2. The number of amides is 3. The number of rotatable bonds is 102. The number of ether oxygens (including phenoxy) is 26. The lowest BCUT2D eigenvalue weighted by atomic mass is 9.78. The molecule has 0 bridgehead atoms. The molecule has 0 spiro atoms. The zero-order chi connectivity index (χ0) is 91.9. The summed E-state index contributed by atoms with van der Waals surface area (Å²) in [6.07, 6.45) is 20.8. The molecule has 0 radical (unpaired) electrons. The molecule has 2 aromatic rings. The van der Waals surface area contributed by atoms with Gasteiger partial charge in [-0.3, -0.25) is 24.0 Å². The van der Waals surface area contributed by atoms with E-state index in [-0.39, 0.29) is 70.5 Å². The molecule has 1 N–H and O–H groups in total. The highest BCUT2D eigenvalue weighted by molar-refractivity contribution is 6.03. The minimum absolute atomic E-state index is 0.0488. The van der Waals surface area contributed by atoms with Crippen LogP contribution >= 0.6 is 0 Å². The van der Waals surface area contributed by atoms with Gasteiger partial charge in [0, 0.05) is 25.8 Å². The lowest BCUT2D eigenvalue weighted by Crippen LogP contribution is -2.48. The summed E-state index contributed by atoms with van der Waals surface area (Å²) in [4.78, 5) is 80.3. The van der Waals surface area contributed by atoms with Crippen LogP contribution in [0, 0.1) is 5.41 Å². The molecule has 3 amide bonds. The summed E-state index contributed by atoms with van der Waals surface area (Å²) >= 11 is 0. The van der Waals surface area contributed by atoms with E-state index in [0.717, 1.165) is 75.3 Å². The topological polar surface area (TPSA) is 367 Å². The molecule has 0 aromatic heterocycles. The van der Waals surface area contributed by atoms with Crippen LogP contribution in [0.15, 0.2) is 72.8 Å². The predicted molar refractivity (Wildman–Crippen MR) is 477 cm³/mol. The highest BCUT2D eigenvalue weighted by atomic mass is 16.7. The number of imide groups is 1. The molecule has 1 aliphatic heterocycles. The first-order valence-electron chi connectivity index (χ1n) is 47.0. The highest BCUT2D eigenvalue weighted by Gasteiger charge is 2.46. The van der Waals surface area contributed by atoms with E-state index >= 15 is 0 Å². The van der Waals surface area contributed by atoms with Crippen LogP contribution in [0.25, 0.3) is 0 Å². The zero-order valence-corrected chi connectivity index (χ0v) is 77.8. The molecule has 1 unspecified atom stereocenters. The molecule has 129 heavy (non-hydrogen) atoms. The van der Waals surface area contributed by atoms with Gasteiger partial charge in [0.25, 0.3) is 11.8 Å². The normalized spacial score (nSPS) is 12.8. The van der Waals surface area contributed by atoms with Crippen molar-refractivity contribution in [3.05, 3.63) is 83.9 Å². The summed E-state index contributed by atoms with van der Waals surface area (Å²) in [5, 5.41) is 3.55. The van der Waals surface area contributed by atoms with Gasteiger partial charge in [0.15, 0.2) is 0 Å². The Kier molecular flexibility index (Phi) is 84.3. The monoisotopic (exact) mass is 1850 g/mol. The lowest BCUT2D eigenvalue weighted by molar-refractivity contribution is -0.198. The molecular weight excluding hydrogens is 1690 g/mol. The summed E-state index contributed by atoms with van der Waals surface area (Å²) in [6, 6.07) is 19.3. The Morgan fingerprint density at radius 2 is 0.574 bits per heavy atom. The highest BCUT2D eigenvalue weighted by Crippen LogP contribution is 2.34. The maximum atomic E-state index is 14.4. The summed E-state index contributed by atoms with van der Waals surface area (Å²) in [7, 11) is 0. The fourth-order valence-corrected chi connectivity index (χ4v) is 12.0. The number of unbranched alkanes of at least 4 members (excludes halogenated alkanes) is 13. The van der Waals surface area contributed by atoms with Crippen LogP contribution in [-0.2, 0) is 170 Å². The van der Waals surface area contributed by atoms with E-state index in [1.165, 1.54) is 32.1 Å². The van der Waals surface area contributed by atoms with Gasteiger partial charge in [0.05, 0.1) is 324 Å². The van der Waals surface area contributed by atoms with Crippen molar-refractivity contribution >= 4 is 35.6 Å². The third-order valence-electron chi connectivity index (χ3n) is 19.1. The van der Waals surface area contributed by atoms with E-state index in [2.05, 4.69) is 18.3 Å². The van der Waals surface area contributed by atoms with Crippen LogP contribution in [0.5, 0.6) is 0 Å². The van der Waals surface area contributed by atoms with Crippen molar-refractivity contribution in [3.8, 4) is 0 Å². The quantitative estimate of drug-likeness (QED) is 0.0212. The van der Waals surface area contributed by atoms with Crippen molar-refractivity contribution < 1.29 is 157 Å². The molecule has 35 heteroatoms. The number of carbonyl (C=O) groups excluding carboxylic acids is 6. The maximum Gasteiger partial charge on any atom is 0.335 e. The van der Waals surface area contributed by atoms with Crippen LogP contribution in [0.3, 0.4) is 0 Å². The average Bonchev–Trinajstić information content (AvgIpc) is 1.37. The third kappa shape index (κ3) is 75.3. The second-order valence-corrected chi connectivity index (χ2v) is 29.6. The third-order valence-corrected chi connectivity index (χ3v) is 19.1. The molecule has 1 heterocycles. The van der Waals surface area contributed by atoms with Crippen LogP contribution in [0.1, 0.15) is 153 Å². The maximum absolute atomic E-state index is 14.4. The van der Waals surface area contributed by atoms with Gasteiger partial charge in [-0.15, -0.1) is 5.06 Å². The molecule has 744 valence electrons. The van der Waals surface area contributed by atoms with Gasteiger partial charge < -0.3 is 133 Å². The fraction of sp³-hybridized carbons (Fsp3) is 0.787. The first-order chi connectivity index (χ1) is 63.7. The summed E-state index contributed by atoms with van der Waals surface area (Å²) in [5.74, 6) is -2.76. The zero-order valence-electron chi connectivity index (χ0n) is 77.8. The van der Waals surface area contributed by atoms with Gasteiger partial charge in [0.2, 0.25) is 5.91 Å². The number of hydrogen-bond donors (Lipinski definition) is 1. The molecule has 1 saturated heterocycles. The molecule has 2 aromatic carbocycles. The molecule has 1 fully saturated rings. The number of carbonyl (C=O) groups is 6. The second kappa shape index (κ2) is 92.7. The van der Waals surface area contributed by atoms with Crippen LogP contribution in [0.4, 0.5) is 0 Å². The minimum Gasteiger partial charge on any atom is -0.461 e. The van der Waals surface area contributed by atoms with Gasteiger partial charge in [-0.05, 0) is 43.2 Å². The Morgan fingerprint density at radius 3 is 0.891 bits per heavy atom. The van der Waals surface area contributed by atoms with E-state index in [4.69, 9.17) is 128 Å². The smallest absolute Gasteiger partial charge is 0.335 e. The van der Waals surface area contributed by atoms with Crippen molar-refractivity contribution in [2.75, 3.05) is 324 Å². The predicted octanol–water partition coefficient (Wildman–Crippen LogP) is 9.57. The Balaban J connectivity index is 0.966. The number of allylic oxidation sites excluding steroid dienone is 2. The van der Waals surface area contributed by atoms with Crippen molar-refractivity contribution in [2.24, 2.45) is 5.41 Å². The standard InChI is InChI=1S/C94H160N2O33/c1-2-3-4-5-6-8-11-14-23-33-94(93(102)128-85-87-27-20-17-21-28-87,34-24-15-12-9-7-10-13-22-29-90(99)127-84-86-25-18-16-19-26-86)92(101)95-35-37-104-39-41-106-43-45-108-47-49-110-51-53-112-55-57-114-59-61-116-63-65-118-67-69-120-71-73-122-75-77-124-79-81-126-83-82-125-80-78-123-76-74-121-72-70-119-68-66-117-64-62-115-60-58-113-56-54-111-52-50-109-48-46-107-44-42-105-40-38-103-36-32-91(100)129-96-88(97)30-31-89(96)98/h15-21,24-28H,2-14,22-23,29-85H2,1H3,(H,95,101)/b24-15+. The first-order valence-corrected chi connectivity index (χ1v) is 47.0. The van der Waals surface area contributed by atoms with Crippen LogP contribution < -0.4 is 5.32 Å². The van der Waals surface area contributed by atoms with E-state index in [1.54, 1.807) is 0 Å². The second-order valence-electron chi connectivity index (χ2n) is 29.6. The summed E-state index contributed by atoms with van der Waals surface area (Å²) < 4.78 is 145. The minimum atomic E-state index is -1.38. The molecule has 1 atom stereocenters. The van der Waals surface area contributed by atoms with Gasteiger partial charge in [-0.25, -0.2) is 4.79 Å². The molecule has 35 nitrogen and oxygen atoms in total. The van der Waals surface area contributed by atoms with Gasteiger partial charge in [-0.2, -0.15) is 0 Å². The van der Waals surface area contributed by atoms with Crippen molar-refractivity contribution in [1.29, 1.82) is 0 Å². The van der Waals surface area contributed by atoms with Gasteiger partial charge >= 0.3 is 17.9 Å². The molecule has 1 aliphatic rings. The van der Waals surface area contributed by atoms with Gasteiger partial charge in [-0.1, -0.05) is 157 Å². The number of benzene rings is 2. The number of nitrogens with one attached hydrogen (secondary N) is 1. The molecule has 0 aliphatic carbocycles. The van der Waals surface area contributed by atoms with Crippen LogP contribution in [-0.4, -0.2) is 364 Å². The summed E-state index contributed by atoms with van der Waals surface area (Å²) in [6.45, 7) is 23.4. The fourth-order valence-electron chi connectivity index (χ4n) is 12.0. The van der Waals surface area contributed by atoms with E-state index in [9.17, 15) is 28.8 Å². The molecule has 3 rings (SSSR count). The average molecular weight is 1850 g/mol. The van der Waals surface area contributed by atoms with Crippen molar-refractivity contribution in [1.82, 2.24) is 10.4 Å². The Hall–Kier alpha value is -5.76. The largest absolute Gasteiger partial charge is 0.461 e. The Bertz CT molecular complexity index is 2850. The van der Waals surface area contributed by atoms with Gasteiger partial charge in [0.1, 0.15) is 18.6 Å². The Morgan fingerprint density at radius 1 is 0.302 bits per heavy atom. The SMILES string of the molecule is CCCCCCCCCCCC(C/C=C/CCCCCCCC(=O)OCc1ccccc1)(C(=O)NCCOCCOCCOCCOCCOCCOCCOCCOCCOCCOCCOCCOCCOCCOCCOCCOCCOCCOCCOCCOCCOCCOCCOCCOCCC(=O)ON1C(=O)CCC1=O)C(=O)OCc1ccccc1. The van der Waals surface area contributed by atoms with Crippen molar-refractivity contribution in [2.45, 2.75) is 155 Å². The van der Waals surface area contributed by atoms with Crippen molar-refractivity contribution in [3.63, 3.8) is 0 Å². The number of nitrogens with zero attached hydrogens (tertiary/aromatic N) is 1. The number of hydroxylamine groups is 2. The Labute approximate surface area is 767 Å². The first kappa shape index (κ1) is 117. The summed E-state index contributed by atoms with van der Waals surface area (Å²) in [5.41, 5.74) is 0.457. The van der Waals surface area contributed by atoms with E-state index in [1.807, 2.05) is 66.7 Å². The number of hydrogen-bond acceptors (Lipinski definition) is 33. The molecule has 0 saturated carbocycles. The molecular formula is C94H160N2O33. The van der Waals surface area contributed by atoms with Crippen LogP contribution in [0.2, 0.25) is 0 Å². The lowest BCUT2D eigenvalue weighted by Gasteiger charge is -2.30.